The van der Waals surface area contributed by atoms with Gasteiger partial charge in [0.2, 0.25) is 11.1 Å². The lowest BCUT2D eigenvalue weighted by atomic mass is 10.1. The summed E-state index contributed by atoms with van der Waals surface area (Å²) >= 11 is 5.97. The molecule has 0 aromatic carbocycles. The maximum Gasteiger partial charge on any atom is 0.229 e. The third kappa shape index (κ3) is 3.25. The second-order valence-corrected chi connectivity index (χ2v) is 6.07. The average molecular weight is 338 g/mol. The molecule has 1 atom stereocenters. The van der Waals surface area contributed by atoms with Crippen LogP contribution in [0.5, 0.6) is 0 Å². The number of nitrogens with zero attached hydrogens (tertiary/aromatic N) is 4. The van der Waals surface area contributed by atoms with Crippen molar-refractivity contribution in [3.63, 3.8) is 0 Å². The van der Waals surface area contributed by atoms with E-state index in [1.54, 1.807) is 6.20 Å². The molecule has 1 aliphatic rings. The normalized spacial score (nSPS) is 18.4. The van der Waals surface area contributed by atoms with E-state index >= 15 is 0 Å². The summed E-state index contributed by atoms with van der Waals surface area (Å²) in [4.78, 5) is 19.0. The van der Waals surface area contributed by atoms with E-state index < -0.39 is 0 Å². The number of aromatic nitrogens is 3. The van der Waals surface area contributed by atoms with Crippen molar-refractivity contribution in [2.75, 3.05) is 19.6 Å². The van der Waals surface area contributed by atoms with Crippen molar-refractivity contribution in [1.82, 2.24) is 24.9 Å². The Kier molecular flexibility index (Phi) is 4.68. The second-order valence-electron chi connectivity index (χ2n) is 5.72. The smallest absolute Gasteiger partial charge is 0.229 e. The van der Waals surface area contributed by atoms with Gasteiger partial charge in [0, 0.05) is 51.1 Å². The SMILES string of the molecule is Cc1noc(Cl)c1CCC(=O)N1CCNCC1c1nccn1C. The average Bonchev–Trinajstić information content (AvgIpc) is 3.11. The summed E-state index contributed by atoms with van der Waals surface area (Å²) in [5, 5.41) is 7.42. The van der Waals surface area contributed by atoms with Crippen molar-refractivity contribution in [1.29, 1.82) is 0 Å². The van der Waals surface area contributed by atoms with Gasteiger partial charge in [-0.1, -0.05) is 5.16 Å². The van der Waals surface area contributed by atoms with Gasteiger partial charge in [-0.15, -0.1) is 0 Å². The molecule has 2 aromatic heterocycles. The minimum atomic E-state index is -0.0460. The second kappa shape index (κ2) is 6.72. The first-order valence-electron chi connectivity index (χ1n) is 7.66. The van der Waals surface area contributed by atoms with Gasteiger partial charge in [0.25, 0.3) is 0 Å². The highest BCUT2D eigenvalue weighted by Gasteiger charge is 2.30. The maximum absolute atomic E-state index is 12.7. The van der Waals surface area contributed by atoms with Crippen LogP contribution < -0.4 is 5.32 Å². The zero-order valence-corrected chi connectivity index (χ0v) is 14.0. The minimum Gasteiger partial charge on any atom is -0.344 e. The molecule has 2 aromatic rings. The predicted octanol–water partition coefficient (Wildman–Crippen LogP) is 1.48. The van der Waals surface area contributed by atoms with E-state index in [9.17, 15) is 4.79 Å². The molecule has 0 saturated carbocycles. The van der Waals surface area contributed by atoms with Gasteiger partial charge in [-0.05, 0) is 24.9 Å². The van der Waals surface area contributed by atoms with Crippen LogP contribution in [0, 0.1) is 6.92 Å². The molecule has 1 saturated heterocycles. The van der Waals surface area contributed by atoms with Crippen LogP contribution in [0.25, 0.3) is 0 Å². The molecule has 1 fully saturated rings. The summed E-state index contributed by atoms with van der Waals surface area (Å²) in [6, 6.07) is -0.0460. The van der Waals surface area contributed by atoms with E-state index in [2.05, 4.69) is 15.5 Å². The van der Waals surface area contributed by atoms with Gasteiger partial charge in [-0.3, -0.25) is 4.79 Å². The van der Waals surface area contributed by atoms with Crippen LogP contribution in [0.3, 0.4) is 0 Å². The van der Waals surface area contributed by atoms with Crippen molar-refractivity contribution >= 4 is 17.5 Å². The Morgan fingerprint density at radius 1 is 1.57 bits per heavy atom. The minimum absolute atomic E-state index is 0.0460. The Hall–Kier alpha value is -1.86. The third-order valence-corrected chi connectivity index (χ3v) is 4.54. The van der Waals surface area contributed by atoms with Crippen molar-refractivity contribution in [3.05, 3.63) is 34.7 Å². The van der Waals surface area contributed by atoms with Crippen LogP contribution in [0.4, 0.5) is 0 Å². The summed E-state index contributed by atoms with van der Waals surface area (Å²) in [5.74, 6) is 0.987. The molecule has 8 heteroatoms. The summed E-state index contributed by atoms with van der Waals surface area (Å²) < 4.78 is 6.89. The van der Waals surface area contributed by atoms with E-state index in [-0.39, 0.29) is 17.2 Å². The molecule has 1 unspecified atom stereocenters. The van der Waals surface area contributed by atoms with Crippen LogP contribution in [0.15, 0.2) is 16.9 Å². The molecule has 3 heterocycles. The van der Waals surface area contributed by atoms with Gasteiger partial charge in [-0.25, -0.2) is 4.98 Å². The zero-order chi connectivity index (χ0) is 16.4. The molecule has 3 rings (SSSR count). The predicted molar refractivity (Wildman–Crippen MR) is 85.1 cm³/mol. The number of carbonyl (C=O) groups is 1. The quantitative estimate of drug-likeness (QED) is 0.914. The van der Waals surface area contributed by atoms with Crippen LogP contribution in [-0.4, -0.2) is 45.1 Å². The number of nitrogens with one attached hydrogen (secondary N) is 1. The number of carbonyl (C=O) groups excluding carboxylic acids is 1. The molecule has 0 bridgehead atoms. The summed E-state index contributed by atoms with van der Waals surface area (Å²) in [5.41, 5.74) is 1.55. The van der Waals surface area contributed by atoms with Crippen LogP contribution in [0.2, 0.25) is 5.22 Å². The number of hydrogen-bond acceptors (Lipinski definition) is 5. The van der Waals surface area contributed by atoms with Crippen LogP contribution in [-0.2, 0) is 18.3 Å². The van der Waals surface area contributed by atoms with E-state index in [4.69, 9.17) is 16.1 Å². The molecule has 7 nitrogen and oxygen atoms in total. The standard InChI is InChI=1S/C15H20ClN5O2/c1-10-11(14(16)23-19-10)3-4-13(22)21-8-5-17-9-12(21)15-18-6-7-20(15)2/h6-7,12,17H,3-5,8-9H2,1-2H3. The van der Waals surface area contributed by atoms with Gasteiger partial charge in [0.15, 0.2) is 0 Å². The van der Waals surface area contributed by atoms with E-state index in [0.29, 0.717) is 25.9 Å². The molecule has 1 N–H and O–H groups in total. The molecule has 23 heavy (non-hydrogen) atoms. The first-order valence-corrected chi connectivity index (χ1v) is 8.03. The number of piperazine rings is 1. The first kappa shape index (κ1) is 16.0. The van der Waals surface area contributed by atoms with Gasteiger partial charge in [-0.2, -0.15) is 0 Å². The zero-order valence-electron chi connectivity index (χ0n) is 13.3. The molecule has 124 valence electrons. The number of amides is 1. The Balaban J connectivity index is 1.71. The van der Waals surface area contributed by atoms with Gasteiger partial charge < -0.3 is 19.3 Å². The van der Waals surface area contributed by atoms with E-state index in [1.807, 2.05) is 29.6 Å². The molecule has 1 amide bonds. The summed E-state index contributed by atoms with van der Waals surface area (Å²) in [6.07, 6.45) is 4.56. The summed E-state index contributed by atoms with van der Waals surface area (Å²) in [7, 11) is 1.94. The molecular weight excluding hydrogens is 318 g/mol. The van der Waals surface area contributed by atoms with E-state index in [0.717, 1.165) is 23.6 Å². The topological polar surface area (TPSA) is 76.2 Å². The summed E-state index contributed by atoms with van der Waals surface area (Å²) in [6.45, 7) is 4.01. The van der Waals surface area contributed by atoms with Crippen LogP contribution in [0.1, 0.15) is 29.5 Å². The number of rotatable bonds is 4. The highest BCUT2D eigenvalue weighted by Crippen LogP contribution is 2.24. The largest absolute Gasteiger partial charge is 0.344 e. The number of imidazole rings is 1. The Morgan fingerprint density at radius 3 is 3.04 bits per heavy atom. The molecule has 0 spiro atoms. The maximum atomic E-state index is 12.7. The van der Waals surface area contributed by atoms with E-state index in [1.165, 1.54) is 0 Å². The number of aryl methyl sites for hydroxylation is 2. The highest BCUT2D eigenvalue weighted by molar-refractivity contribution is 6.29. The van der Waals surface area contributed by atoms with Crippen molar-refractivity contribution in [3.8, 4) is 0 Å². The fraction of sp³-hybridized carbons (Fsp3) is 0.533. The lowest BCUT2D eigenvalue weighted by Crippen LogP contribution is -2.49. The highest BCUT2D eigenvalue weighted by atomic mass is 35.5. The molecule has 0 radical (unpaired) electrons. The lowest BCUT2D eigenvalue weighted by Gasteiger charge is -2.35. The molecular formula is C15H20ClN5O2. The van der Waals surface area contributed by atoms with Crippen molar-refractivity contribution in [2.45, 2.75) is 25.8 Å². The Morgan fingerprint density at radius 2 is 2.39 bits per heavy atom. The fourth-order valence-corrected chi connectivity index (χ4v) is 3.21. The third-order valence-electron chi connectivity index (χ3n) is 4.25. The van der Waals surface area contributed by atoms with Crippen molar-refractivity contribution in [2.24, 2.45) is 7.05 Å². The number of hydrogen-bond donors (Lipinski definition) is 1. The van der Waals surface area contributed by atoms with Crippen molar-refractivity contribution < 1.29 is 9.32 Å². The van der Waals surface area contributed by atoms with Gasteiger partial charge >= 0.3 is 0 Å². The van der Waals surface area contributed by atoms with Gasteiger partial charge in [0.1, 0.15) is 11.9 Å². The monoisotopic (exact) mass is 337 g/mol. The first-order chi connectivity index (χ1) is 11.1. The molecule has 0 aliphatic carbocycles. The number of halogens is 1. The lowest BCUT2D eigenvalue weighted by molar-refractivity contribution is -0.134. The van der Waals surface area contributed by atoms with Gasteiger partial charge in [0.05, 0.1) is 5.69 Å². The molecule has 1 aliphatic heterocycles. The Labute approximate surface area is 139 Å². The fourth-order valence-electron chi connectivity index (χ4n) is 2.95. The Bertz CT molecular complexity index is 676. The van der Waals surface area contributed by atoms with Crippen LogP contribution >= 0.6 is 11.6 Å².